The van der Waals surface area contributed by atoms with Gasteiger partial charge in [-0.05, 0) is 31.5 Å². The molecule has 1 unspecified atom stereocenters. The third kappa shape index (κ3) is 3.65. The predicted molar refractivity (Wildman–Crippen MR) is 86.5 cm³/mol. The minimum absolute atomic E-state index is 0.0164. The molecule has 2 aliphatic rings. The molecule has 142 valence electrons. The molecule has 0 radical (unpaired) electrons. The van der Waals surface area contributed by atoms with E-state index in [9.17, 15) is 27.2 Å². The third-order valence-electron chi connectivity index (χ3n) is 4.76. The number of nitrogens with zero attached hydrogens (tertiary/aromatic N) is 2. The summed E-state index contributed by atoms with van der Waals surface area (Å²) >= 11 is 5.89. The average Bonchev–Trinajstić information content (AvgIpc) is 3.29. The lowest BCUT2D eigenvalue weighted by atomic mass is 10.1. The Hall–Kier alpha value is -1.83. The van der Waals surface area contributed by atoms with Crippen molar-refractivity contribution in [3.63, 3.8) is 0 Å². The van der Waals surface area contributed by atoms with Crippen LogP contribution < -0.4 is 0 Å². The van der Waals surface area contributed by atoms with Crippen molar-refractivity contribution in [1.82, 2.24) is 9.80 Å². The number of hydrogen-bond acceptors (Lipinski definition) is 2. The third-order valence-corrected chi connectivity index (χ3v) is 5.07. The van der Waals surface area contributed by atoms with E-state index in [1.165, 1.54) is 9.80 Å². The number of hydrogen-bond donors (Lipinski definition) is 0. The summed E-state index contributed by atoms with van der Waals surface area (Å²) in [6.07, 6.45) is -5.38. The number of carbonyl (C=O) groups is 2. The fraction of sp³-hybridized carbons (Fsp3) is 0.529. The van der Waals surface area contributed by atoms with Crippen molar-refractivity contribution in [3.8, 4) is 0 Å². The molecule has 26 heavy (non-hydrogen) atoms. The maximum atomic E-state index is 13.1. The van der Waals surface area contributed by atoms with Crippen molar-refractivity contribution in [2.24, 2.45) is 5.92 Å². The summed E-state index contributed by atoms with van der Waals surface area (Å²) in [5, 5.41) is -0.270. The first kappa shape index (κ1) is 18.9. The second kappa shape index (κ2) is 6.72. The molecule has 3 atom stereocenters. The largest absolute Gasteiger partial charge is 0.416 e. The minimum Gasteiger partial charge on any atom is -0.339 e. The number of piperazine rings is 1. The lowest BCUT2D eigenvalue weighted by molar-refractivity contribution is -0.137. The van der Waals surface area contributed by atoms with E-state index >= 15 is 0 Å². The van der Waals surface area contributed by atoms with Gasteiger partial charge in [0, 0.05) is 25.7 Å². The number of alkyl halides is 4. The van der Waals surface area contributed by atoms with Gasteiger partial charge in [-0.15, -0.1) is 0 Å². The van der Waals surface area contributed by atoms with E-state index in [1.807, 2.05) is 0 Å². The van der Waals surface area contributed by atoms with Gasteiger partial charge in [-0.1, -0.05) is 11.6 Å². The van der Waals surface area contributed by atoms with Gasteiger partial charge >= 0.3 is 6.18 Å². The number of amides is 2. The average molecular weight is 393 g/mol. The second-order valence-corrected chi connectivity index (χ2v) is 7.09. The van der Waals surface area contributed by atoms with Crippen LogP contribution in [0.2, 0.25) is 5.02 Å². The fourth-order valence-electron chi connectivity index (χ4n) is 3.13. The molecule has 3 rings (SSSR count). The van der Waals surface area contributed by atoms with Gasteiger partial charge in [0.2, 0.25) is 5.91 Å². The zero-order valence-electron chi connectivity index (χ0n) is 13.9. The van der Waals surface area contributed by atoms with E-state index in [-0.39, 0.29) is 48.6 Å². The van der Waals surface area contributed by atoms with E-state index < -0.39 is 29.7 Å². The van der Waals surface area contributed by atoms with Gasteiger partial charge < -0.3 is 9.80 Å². The van der Waals surface area contributed by atoms with Crippen molar-refractivity contribution in [1.29, 1.82) is 0 Å². The van der Waals surface area contributed by atoms with E-state index in [0.29, 0.717) is 0 Å². The zero-order valence-corrected chi connectivity index (χ0v) is 14.6. The van der Waals surface area contributed by atoms with Gasteiger partial charge in [-0.25, -0.2) is 4.39 Å². The van der Waals surface area contributed by atoms with Gasteiger partial charge in [0.05, 0.1) is 22.1 Å². The van der Waals surface area contributed by atoms with Crippen LogP contribution in [0.5, 0.6) is 0 Å². The molecule has 1 saturated heterocycles. The Bertz CT molecular complexity index is 740. The normalized spacial score (nSPS) is 26.0. The van der Waals surface area contributed by atoms with E-state index in [2.05, 4.69) is 0 Å². The molecule has 1 aliphatic carbocycles. The molecule has 1 heterocycles. The van der Waals surface area contributed by atoms with E-state index in [4.69, 9.17) is 11.6 Å². The first-order valence-corrected chi connectivity index (χ1v) is 8.58. The van der Waals surface area contributed by atoms with Crippen molar-refractivity contribution in [2.75, 3.05) is 19.6 Å². The van der Waals surface area contributed by atoms with Crippen LogP contribution in [-0.2, 0) is 11.0 Å². The highest BCUT2D eigenvalue weighted by molar-refractivity contribution is 6.33. The first-order chi connectivity index (χ1) is 12.1. The molecule has 0 spiro atoms. The van der Waals surface area contributed by atoms with Gasteiger partial charge in [0.25, 0.3) is 5.91 Å². The van der Waals surface area contributed by atoms with Crippen molar-refractivity contribution in [3.05, 3.63) is 34.3 Å². The number of benzene rings is 1. The van der Waals surface area contributed by atoms with Crippen LogP contribution in [0.4, 0.5) is 17.6 Å². The van der Waals surface area contributed by atoms with Crippen LogP contribution >= 0.6 is 11.6 Å². The molecular formula is C17H17ClF4N2O2. The van der Waals surface area contributed by atoms with Crippen LogP contribution in [0.25, 0.3) is 0 Å². The summed E-state index contributed by atoms with van der Waals surface area (Å²) in [7, 11) is 0. The van der Waals surface area contributed by atoms with E-state index in [0.717, 1.165) is 18.2 Å². The maximum Gasteiger partial charge on any atom is 0.416 e. The fourth-order valence-corrected chi connectivity index (χ4v) is 3.39. The van der Waals surface area contributed by atoms with Gasteiger partial charge in [-0.3, -0.25) is 9.59 Å². The van der Waals surface area contributed by atoms with Crippen LogP contribution in [0.1, 0.15) is 29.3 Å². The molecular weight excluding hydrogens is 376 g/mol. The smallest absolute Gasteiger partial charge is 0.339 e. The monoisotopic (exact) mass is 392 g/mol. The Morgan fingerprint density at radius 3 is 2.38 bits per heavy atom. The number of halogens is 5. The molecule has 1 saturated carbocycles. The molecule has 1 aromatic carbocycles. The van der Waals surface area contributed by atoms with Crippen molar-refractivity contribution < 1.29 is 27.2 Å². The Morgan fingerprint density at radius 1 is 1.23 bits per heavy atom. The molecule has 0 aromatic heterocycles. The van der Waals surface area contributed by atoms with Crippen molar-refractivity contribution in [2.45, 2.75) is 31.7 Å². The van der Waals surface area contributed by atoms with Crippen LogP contribution in [-0.4, -0.2) is 53.5 Å². The molecule has 2 amide bonds. The van der Waals surface area contributed by atoms with E-state index in [1.54, 1.807) is 6.92 Å². The summed E-state index contributed by atoms with van der Waals surface area (Å²) in [6, 6.07) is 2.26. The molecule has 2 fully saturated rings. The summed E-state index contributed by atoms with van der Waals surface area (Å²) < 4.78 is 51.2. The summed E-state index contributed by atoms with van der Waals surface area (Å²) in [4.78, 5) is 27.8. The van der Waals surface area contributed by atoms with Crippen LogP contribution in [0.15, 0.2) is 18.2 Å². The Morgan fingerprint density at radius 2 is 1.88 bits per heavy atom. The number of carbonyl (C=O) groups excluding carboxylic acids is 2. The highest BCUT2D eigenvalue weighted by Gasteiger charge is 2.46. The minimum atomic E-state index is -4.54. The molecule has 1 aromatic rings. The summed E-state index contributed by atoms with van der Waals surface area (Å²) in [5.74, 6) is -1.31. The highest BCUT2D eigenvalue weighted by atomic mass is 35.5. The van der Waals surface area contributed by atoms with Gasteiger partial charge in [-0.2, -0.15) is 13.2 Å². The van der Waals surface area contributed by atoms with Crippen molar-refractivity contribution >= 4 is 23.4 Å². The van der Waals surface area contributed by atoms with Crippen LogP contribution in [0, 0.1) is 5.92 Å². The zero-order chi connectivity index (χ0) is 19.2. The van der Waals surface area contributed by atoms with Crippen LogP contribution in [0.3, 0.4) is 0 Å². The van der Waals surface area contributed by atoms with Gasteiger partial charge in [0.1, 0.15) is 6.17 Å². The molecule has 4 nitrogen and oxygen atoms in total. The quantitative estimate of drug-likeness (QED) is 0.724. The molecule has 9 heteroatoms. The lowest BCUT2D eigenvalue weighted by Crippen LogP contribution is -2.55. The molecule has 0 bridgehead atoms. The Balaban J connectivity index is 1.70. The standard InChI is InChI=1S/C17H17ClF4N2O2/c1-9-8-23(15(25)12-7-14(12)19)4-5-24(9)16(26)11-3-2-10(6-13(11)18)17(20,21)22/h2-3,6,9,12,14H,4-5,7-8H2,1H3/t9?,12-,14-/m1/s1. The lowest BCUT2D eigenvalue weighted by Gasteiger charge is -2.40. The first-order valence-electron chi connectivity index (χ1n) is 8.20. The Kier molecular flexibility index (Phi) is 4.90. The summed E-state index contributed by atoms with van der Waals surface area (Å²) in [5.41, 5.74) is -0.940. The predicted octanol–water partition coefficient (Wildman–Crippen LogP) is 3.39. The number of rotatable bonds is 2. The topological polar surface area (TPSA) is 40.6 Å². The summed E-state index contributed by atoms with van der Waals surface area (Å²) in [6.45, 7) is 2.46. The highest BCUT2D eigenvalue weighted by Crippen LogP contribution is 2.36. The molecule has 1 aliphatic heterocycles. The maximum absolute atomic E-state index is 13.1. The Labute approximate surface area is 152 Å². The second-order valence-electron chi connectivity index (χ2n) is 6.68. The van der Waals surface area contributed by atoms with Gasteiger partial charge in [0.15, 0.2) is 0 Å². The SMILES string of the molecule is CC1CN(C(=O)[C@@H]2C[C@H]2F)CCN1C(=O)c1ccc(C(F)(F)F)cc1Cl. The molecule has 0 N–H and O–H groups in total.